The van der Waals surface area contributed by atoms with Gasteiger partial charge in [-0.2, -0.15) is 0 Å². The van der Waals surface area contributed by atoms with Crippen molar-refractivity contribution in [2.75, 3.05) is 18.5 Å². The van der Waals surface area contributed by atoms with Gasteiger partial charge in [0.15, 0.2) is 5.13 Å². The Hall–Kier alpha value is -1.92. The lowest BCUT2D eigenvalue weighted by Gasteiger charge is -2.02. The molecule has 1 aromatic carbocycles. The van der Waals surface area contributed by atoms with Gasteiger partial charge in [-0.25, -0.2) is 4.98 Å². The van der Waals surface area contributed by atoms with Gasteiger partial charge in [0.2, 0.25) is 5.91 Å². The number of hydrogen-bond acceptors (Lipinski definition) is 5. The number of nitrogens with two attached hydrogens (primary N) is 1. The maximum Gasteiger partial charge on any atom is 0.239 e. The van der Waals surface area contributed by atoms with Crippen LogP contribution in [0.15, 0.2) is 18.2 Å². The van der Waals surface area contributed by atoms with Gasteiger partial charge in [0.05, 0.1) is 18.8 Å². The van der Waals surface area contributed by atoms with Crippen LogP contribution in [0, 0.1) is 6.92 Å². The first-order valence-corrected chi connectivity index (χ1v) is 7.22. The summed E-state index contributed by atoms with van der Waals surface area (Å²) in [6.45, 7) is 2.70. The molecule has 0 fully saturated rings. The molecule has 20 heavy (non-hydrogen) atoms. The van der Waals surface area contributed by atoms with Crippen LogP contribution in [0.5, 0.6) is 5.75 Å². The highest BCUT2D eigenvalue weighted by Crippen LogP contribution is 2.34. The molecule has 0 saturated heterocycles. The summed E-state index contributed by atoms with van der Waals surface area (Å²) in [4.78, 5) is 16.9. The summed E-state index contributed by atoms with van der Waals surface area (Å²) in [6, 6.07) is 6.09. The maximum atomic E-state index is 11.3. The van der Waals surface area contributed by atoms with Crippen molar-refractivity contribution in [1.82, 2.24) is 4.98 Å². The highest BCUT2D eigenvalue weighted by Gasteiger charge is 2.16. The minimum atomic E-state index is -0.229. The zero-order chi connectivity index (χ0) is 14.1. The fourth-order valence-electron chi connectivity index (χ4n) is 2.22. The smallest absolute Gasteiger partial charge is 0.239 e. The molecule has 0 bridgehead atoms. The number of carbonyl (C=O) groups excluding carboxylic acids is 1. The largest absolute Gasteiger partial charge is 0.493 e. The number of thiazole rings is 1. The molecule has 1 amide bonds. The Morgan fingerprint density at radius 2 is 2.40 bits per heavy atom. The van der Waals surface area contributed by atoms with Crippen molar-refractivity contribution < 1.29 is 9.53 Å². The van der Waals surface area contributed by atoms with Gasteiger partial charge in [-0.1, -0.05) is 0 Å². The molecule has 6 heteroatoms. The van der Waals surface area contributed by atoms with Gasteiger partial charge in [-0.15, -0.1) is 11.3 Å². The van der Waals surface area contributed by atoms with E-state index in [1.807, 2.05) is 19.1 Å². The molecular weight excluding hydrogens is 274 g/mol. The van der Waals surface area contributed by atoms with Crippen molar-refractivity contribution in [3.05, 3.63) is 28.6 Å². The molecule has 104 valence electrons. The Kier molecular flexibility index (Phi) is 3.42. The molecule has 1 aliphatic rings. The first-order chi connectivity index (χ1) is 9.67. The quantitative estimate of drug-likeness (QED) is 0.905. The van der Waals surface area contributed by atoms with E-state index in [4.69, 9.17) is 10.5 Å². The summed E-state index contributed by atoms with van der Waals surface area (Å²) in [5, 5.41) is 3.28. The average molecular weight is 289 g/mol. The van der Waals surface area contributed by atoms with E-state index in [-0.39, 0.29) is 12.5 Å². The summed E-state index contributed by atoms with van der Waals surface area (Å²) in [6.07, 6.45) is 0.934. The minimum absolute atomic E-state index is 0.0376. The van der Waals surface area contributed by atoms with Crippen molar-refractivity contribution in [3.8, 4) is 17.0 Å². The number of ether oxygens (including phenoxy) is 1. The third kappa shape index (κ3) is 2.39. The number of amides is 1. The van der Waals surface area contributed by atoms with Gasteiger partial charge >= 0.3 is 0 Å². The molecular formula is C14H15N3O2S. The highest BCUT2D eigenvalue weighted by atomic mass is 32.1. The number of anilines is 1. The van der Waals surface area contributed by atoms with Gasteiger partial charge in [0.25, 0.3) is 0 Å². The predicted octanol–water partition coefficient (Wildman–Crippen LogP) is 1.95. The Morgan fingerprint density at radius 1 is 1.55 bits per heavy atom. The number of aryl methyl sites for hydroxylation is 1. The maximum absolute atomic E-state index is 11.3. The third-order valence-electron chi connectivity index (χ3n) is 3.19. The number of nitrogens with one attached hydrogen (secondary N) is 1. The third-order valence-corrected chi connectivity index (χ3v) is 4.08. The lowest BCUT2D eigenvalue weighted by molar-refractivity contribution is -0.114. The number of benzene rings is 1. The van der Waals surface area contributed by atoms with Crippen LogP contribution in [0.1, 0.15) is 10.4 Å². The van der Waals surface area contributed by atoms with Crippen LogP contribution in [0.2, 0.25) is 0 Å². The van der Waals surface area contributed by atoms with Crippen molar-refractivity contribution in [1.29, 1.82) is 0 Å². The molecule has 1 aromatic heterocycles. The number of rotatable bonds is 3. The summed E-state index contributed by atoms with van der Waals surface area (Å²) < 4.78 is 5.50. The first-order valence-electron chi connectivity index (χ1n) is 6.41. The van der Waals surface area contributed by atoms with Crippen LogP contribution in [-0.2, 0) is 11.2 Å². The van der Waals surface area contributed by atoms with Crippen molar-refractivity contribution >= 4 is 22.4 Å². The number of hydrogen-bond donors (Lipinski definition) is 2. The molecule has 5 nitrogen and oxygen atoms in total. The van der Waals surface area contributed by atoms with E-state index >= 15 is 0 Å². The van der Waals surface area contributed by atoms with Crippen LogP contribution in [0.25, 0.3) is 11.3 Å². The van der Waals surface area contributed by atoms with Crippen LogP contribution in [-0.4, -0.2) is 24.0 Å². The number of nitrogens with zero attached hydrogens (tertiary/aromatic N) is 1. The van der Waals surface area contributed by atoms with E-state index in [1.165, 1.54) is 16.9 Å². The minimum Gasteiger partial charge on any atom is -0.493 e. The van der Waals surface area contributed by atoms with E-state index in [9.17, 15) is 4.79 Å². The second kappa shape index (κ2) is 5.22. The van der Waals surface area contributed by atoms with Crippen LogP contribution in [0.3, 0.4) is 0 Å². The summed E-state index contributed by atoms with van der Waals surface area (Å²) in [7, 11) is 0. The van der Waals surface area contributed by atoms with Gasteiger partial charge in [-0.3, -0.25) is 4.79 Å². The number of fused-ring (bicyclic) bond motifs is 1. The fraction of sp³-hybridized carbons (Fsp3) is 0.286. The monoisotopic (exact) mass is 289 g/mol. The molecule has 3 N–H and O–H groups in total. The Morgan fingerprint density at radius 3 is 3.20 bits per heavy atom. The second-order valence-corrected chi connectivity index (χ2v) is 5.80. The molecule has 0 saturated carbocycles. The lowest BCUT2D eigenvalue weighted by Crippen LogP contribution is -2.21. The average Bonchev–Trinajstić information content (AvgIpc) is 3.04. The molecule has 2 aromatic rings. The van der Waals surface area contributed by atoms with E-state index in [0.29, 0.717) is 5.13 Å². The number of carbonyl (C=O) groups is 1. The van der Waals surface area contributed by atoms with Crippen LogP contribution < -0.4 is 15.8 Å². The first kappa shape index (κ1) is 13.1. The Labute approximate surface area is 120 Å². The summed E-state index contributed by atoms with van der Waals surface area (Å²) in [5.41, 5.74) is 8.45. The molecule has 0 radical (unpaired) electrons. The fourth-order valence-corrected chi connectivity index (χ4v) is 3.07. The number of aromatic nitrogens is 1. The van der Waals surface area contributed by atoms with Crippen LogP contribution in [0.4, 0.5) is 5.13 Å². The normalized spacial score (nSPS) is 12.9. The van der Waals surface area contributed by atoms with Gasteiger partial charge < -0.3 is 15.8 Å². The van der Waals surface area contributed by atoms with E-state index in [0.717, 1.165) is 34.9 Å². The highest BCUT2D eigenvalue weighted by molar-refractivity contribution is 7.16. The molecule has 2 heterocycles. The van der Waals surface area contributed by atoms with Gasteiger partial charge in [-0.05, 0) is 30.7 Å². The lowest BCUT2D eigenvalue weighted by atomic mass is 10.1. The molecule has 3 rings (SSSR count). The van der Waals surface area contributed by atoms with Gasteiger partial charge in [0.1, 0.15) is 5.75 Å². The topological polar surface area (TPSA) is 77.2 Å². The predicted molar refractivity (Wildman–Crippen MR) is 79.2 cm³/mol. The Bertz CT molecular complexity index is 666. The summed E-state index contributed by atoms with van der Waals surface area (Å²) in [5.74, 6) is 0.728. The zero-order valence-corrected chi connectivity index (χ0v) is 11.9. The van der Waals surface area contributed by atoms with Crippen LogP contribution >= 0.6 is 11.3 Å². The molecule has 0 atom stereocenters. The molecule has 0 aliphatic carbocycles. The molecule has 0 spiro atoms. The second-order valence-electron chi connectivity index (χ2n) is 4.60. The van der Waals surface area contributed by atoms with E-state index in [1.54, 1.807) is 0 Å². The standard InChI is InChI=1S/C14H15N3O2S/c1-8-13(17-14(20-8)16-12(18)7-15)10-2-3-11-9(6-10)4-5-19-11/h2-3,6H,4-5,7,15H2,1H3,(H,16,17,18). The zero-order valence-electron chi connectivity index (χ0n) is 11.1. The van der Waals surface area contributed by atoms with E-state index < -0.39 is 0 Å². The van der Waals surface area contributed by atoms with Crippen molar-refractivity contribution in [2.24, 2.45) is 5.73 Å². The molecule has 0 unspecified atom stereocenters. The summed E-state index contributed by atoms with van der Waals surface area (Å²) >= 11 is 1.46. The SMILES string of the molecule is Cc1sc(NC(=O)CN)nc1-c1ccc2c(c1)CCO2. The van der Waals surface area contributed by atoms with Crippen molar-refractivity contribution in [2.45, 2.75) is 13.3 Å². The van der Waals surface area contributed by atoms with Crippen molar-refractivity contribution in [3.63, 3.8) is 0 Å². The van der Waals surface area contributed by atoms with E-state index in [2.05, 4.69) is 16.4 Å². The molecule has 1 aliphatic heterocycles. The Balaban J connectivity index is 1.92. The van der Waals surface area contributed by atoms with Gasteiger partial charge in [0, 0.05) is 16.9 Å².